The van der Waals surface area contributed by atoms with E-state index in [4.69, 9.17) is 0 Å². The fraction of sp³-hybridized carbons (Fsp3) is 0.167. The van der Waals surface area contributed by atoms with Crippen molar-refractivity contribution in [3.05, 3.63) is 60.5 Å². The molecule has 0 radical (unpaired) electrons. The minimum atomic E-state index is -0.413. The van der Waals surface area contributed by atoms with Crippen LogP contribution < -0.4 is 10.9 Å². The summed E-state index contributed by atoms with van der Waals surface area (Å²) >= 11 is 3.16. The highest BCUT2D eigenvalue weighted by molar-refractivity contribution is 9.10. The van der Waals surface area contributed by atoms with E-state index >= 15 is 0 Å². The molecule has 0 aliphatic carbocycles. The average Bonchev–Trinajstić information content (AvgIpc) is 2.41. The number of aromatic nitrogens is 2. The van der Waals surface area contributed by atoms with Crippen LogP contribution in [0.5, 0.6) is 0 Å². The zero-order valence-electron chi connectivity index (χ0n) is 10.5. The molecule has 1 heterocycles. The molecule has 0 bridgehead atoms. The smallest absolute Gasteiger partial charge is 0.280 e. The van der Waals surface area contributed by atoms with Crippen LogP contribution in [0, 0.1) is 17.0 Å². The molecule has 7 nitrogen and oxygen atoms in total. The Hall–Kier alpha value is -2.22. The summed E-state index contributed by atoms with van der Waals surface area (Å²) in [6, 6.07) is 4.89. The van der Waals surface area contributed by atoms with Gasteiger partial charge in [-0.1, -0.05) is 12.1 Å². The Morgan fingerprint density at radius 3 is 2.95 bits per heavy atom. The van der Waals surface area contributed by atoms with Crippen molar-refractivity contribution in [2.45, 2.75) is 13.5 Å². The van der Waals surface area contributed by atoms with E-state index in [0.29, 0.717) is 22.3 Å². The van der Waals surface area contributed by atoms with Crippen molar-refractivity contribution in [1.29, 1.82) is 0 Å². The summed E-state index contributed by atoms with van der Waals surface area (Å²) in [7, 11) is 0. The van der Waals surface area contributed by atoms with Gasteiger partial charge in [0, 0.05) is 18.2 Å². The molecule has 0 aliphatic heterocycles. The summed E-state index contributed by atoms with van der Waals surface area (Å²) in [5, 5.41) is 19.9. The first-order valence-corrected chi connectivity index (χ1v) is 6.50. The summed E-state index contributed by atoms with van der Waals surface area (Å²) in [5.74, 6) is 0. The first-order valence-electron chi connectivity index (χ1n) is 5.70. The van der Waals surface area contributed by atoms with Gasteiger partial charge in [-0.25, -0.2) is 5.10 Å². The van der Waals surface area contributed by atoms with E-state index in [9.17, 15) is 14.9 Å². The van der Waals surface area contributed by atoms with Crippen LogP contribution in [0.25, 0.3) is 0 Å². The Kier molecular flexibility index (Phi) is 4.14. The predicted molar refractivity (Wildman–Crippen MR) is 77.7 cm³/mol. The van der Waals surface area contributed by atoms with Gasteiger partial charge in [-0.15, -0.1) is 0 Å². The largest absolute Gasteiger partial charge is 0.379 e. The summed E-state index contributed by atoms with van der Waals surface area (Å²) in [6.45, 7) is 2.05. The van der Waals surface area contributed by atoms with Crippen LogP contribution in [0.15, 0.2) is 33.7 Å². The Morgan fingerprint density at radius 1 is 1.50 bits per heavy atom. The second-order valence-electron chi connectivity index (χ2n) is 4.10. The van der Waals surface area contributed by atoms with Gasteiger partial charge in [0.15, 0.2) is 0 Å². The molecule has 104 valence electrons. The lowest BCUT2D eigenvalue weighted by Gasteiger charge is -2.09. The fourth-order valence-corrected chi connectivity index (χ4v) is 2.09. The number of hydrogen-bond acceptors (Lipinski definition) is 5. The van der Waals surface area contributed by atoms with E-state index in [-0.39, 0.29) is 11.2 Å². The number of nitrogens with zero attached hydrogens (tertiary/aromatic N) is 2. The second-order valence-corrected chi connectivity index (χ2v) is 4.89. The quantitative estimate of drug-likeness (QED) is 0.658. The lowest BCUT2D eigenvalue weighted by atomic mass is 10.1. The van der Waals surface area contributed by atoms with Crippen LogP contribution in [0.3, 0.4) is 0 Å². The zero-order valence-corrected chi connectivity index (χ0v) is 12.1. The van der Waals surface area contributed by atoms with Crippen molar-refractivity contribution in [2.75, 3.05) is 5.32 Å². The number of aromatic amines is 1. The lowest BCUT2D eigenvalue weighted by molar-refractivity contribution is -0.385. The molecule has 20 heavy (non-hydrogen) atoms. The monoisotopic (exact) mass is 338 g/mol. The maximum atomic E-state index is 11.4. The molecule has 0 aliphatic rings. The first kappa shape index (κ1) is 14.2. The molecule has 0 saturated heterocycles. The fourth-order valence-electron chi connectivity index (χ4n) is 1.76. The van der Waals surface area contributed by atoms with Gasteiger partial charge in [0.2, 0.25) is 0 Å². The van der Waals surface area contributed by atoms with Gasteiger partial charge in [-0.05, 0) is 28.4 Å². The number of hydrogen-bond donors (Lipinski definition) is 2. The van der Waals surface area contributed by atoms with Crippen molar-refractivity contribution in [3.63, 3.8) is 0 Å². The number of benzene rings is 1. The van der Waals surface area contributed by atoms with Gasteiger partial charge in [-0.2, -0.15) is 5.10 Å². The third-order valence-electron chi connectivity index (χ3n) is 2.88. The van der Waals surface area contributed by atoms with Crippen molar-refractivity contribution in [2.24, 2.45) is 0 Å². The number of nitro groups is 1. The van der Waals surface area contributed by atoms with Crippen molar-refractivity contribution < 1.29 is 4.92 Å². The average molecular weight is 339 g/mol. The van der Waals surface area contributed by atoms with Gasteiger partial charge in [-0.3, -0.25) is 14.9 Å². The summed E-state index contributed by atoms with van der Waals surface area (Å²) in [4.78, 5) is 21.8. The summed E-state index contributed by atoms with van der Waals surface area (Å²) in [6.07, 6.45) is 1.47. The molecular formula is C12H11BrN4O3. The molecule has 2 rings (SSSR count). The molecule has 2 aromatic rings. The van der Waals surface area contributed by atoms with Gasteiger partial charge in [0.1, 0.15) is 4.47 Å². The standard InChI is InChI=1S/C12H11BrN4O3/c1-7-8(3-2-4-10(7)17(19)20)5-14-9-6-15-16-12(18)11(9)13/h2-4,6H,5H2,1H3,(H2,14,16,18). The molecule has 0 saturated carbocycles. The molecule has 1 aromatic heterocycles. The lowest BCUT2D eigenvalue weighted by Crippen LogP contribution is -2.12. The highest BCUT2D eigenvalue weighted by atomic mass is 79.9. The van der Waals surface area contributed by atoms with Crippen LogP contribution in [0.4, 0.5) is 11.4 Å². The van der Waals surface area contributed by atoms with Gasteiger partial charge >= 0.3 is 0 Å². The minimum absolute atomic E-state index is 0.0763. The molecule has 2 N–H and O–H groups in total. The van der Waals surface area contributed by atoms with Crippen molar-refractivity contribution >= 4 is 27.3 Å². The highest BCUT2D eigenvalue weighted by Gasteiger charge is 2.13. The molecule has 0 spiro atoms. The third-order valence-corrected chi connectivity index (χ3v) is 3.67. The number of H-pyrrole nitrogens is 1. The zero-order chi connectivity index (χ0) is 14.7. The van der Waals surface area contributed by atoms with E-state index < -0.39 is 4.92 Å². The molecule has 8 heteroatoms. The Morgan fingerprint density at radius 2 is 2.25 bits per heavy atom. The van der Waals surface area contributed by atoms with E-state index in [2.05, 4.69) is 31.4 Å². The highest BCUT2D eigenvalue weighted by Crippen LogP contribution is 2.23. The molecule has 0 unspecified atom stereocenters. The van der Waals surface area contributed by atoms with Gasteiger partial charge in [0.25, 0.3) is 11.2 Å². The number of rotatable bonds is 4. The third kappa shape index (κ3) is 2.85. The molecule has 0 fully saturated rings. The van der Waals surface area contributed by atoms with Gasteiger partial charge in [0.05, 0.1) is 16.8 Å². The van der Waals surface area contributed by atoms with Crippen molar-refractivity contribution in [1.82, 2.24) is 10.2 Å². The number of nitro benzene ring substituents is 1. The minimum Gasteiger partial charge on any atom is -0.379 e. The Balaban J connectivity index is 2.24. The number of anilines is 1. The van der Waals surface area contributed by atoms with Crippen LogP contribution in [0.2, 0.25) is 0 Å². The van der Waals surface area contributed by atoms with Crippen LogP contribution in [0.1, 0.15) is 11.1 Å². The SMILES string of the molecule is Cc1c(CNc2cn[nH]c(=O)c2Br)cccc1[N+](=O)[O-]. The summed E-state index contributed by atoms with van der Waals surface area (Å²) in [5.41, 5.74) is 1.64. The predicted octanol–water partition coefficient (Wildman–Crippen LogP) is 2.36. The molecule has 0 amide bonds. The maximum Gasteiger partial charge on any atom is 0.280 e. The molecule has 1 aromatic carbocycles. The Bertz CT molecular complexity index is 714. The molecule has 0 atom stereocenters. The van der Waals surface area contributed by atoms with E-state index in [1.807, 2.05) is 0 Å². The maximum absolute atomic E-state index is 11.4. The Labute approximate surface area is 122 Å². The normalized spacial score (nSPS) is 10.3. The van der Waals surface area contributed by atoms with E-state index in [1.165, 1.54) is 12.3 Å². The number of nitrogens with one attached hydrogen (secondary N) is 2. The summed E-state index contributed by atoms with van der Waals surface area (Å²) < 4.78 is 0.343. The van der Waals surface area contributed by atoms with Gasteiger partial charge < -0.3 is 5.32 Å². The van der Waals surface area contributed by atoms with Crippen molar-refractivity contribution in [3.8, 4) is 0 Å². The number of halogens is 1. The first-order chi connectivity index (χ1) is 9.50. The van der Waals surface area contributed by atoms with E-state index in [1.54, 1.807) is 19.1 Å². The molecular weight excluding hydrogens is 328 g/mol. The van der Waals surface area contributed by atoms with Crippen LogP contribution >= 0.6 is 15.9 Å². The topological polar surface area (TPSA) is 101 Å². The van der Waals surface area contributed by atoms with E-state index in [0.717, 1.165) is 5.56 Å². The van der Waals surface area contributed by atoms with Crippen LogP contribution in [-0.4, -0.2) is 15.1 Å². The van der Waals surface area contributed by atoms with Crippen LogP contribution in [-0.2, 0) is 6.54 Å². The second kappa shape index (κ2) is 5.83.